The van der Waals surface area contributed by atoms with Gasteiger partial charge in [0.1, 0.15) is 16.3 Å². The highest BCUT2D eigenvalue weighted by Crippen LogP contribution is 2.33. The quantitative estimate of drug-likeness (QED) is 0.419. The molecule has 33 heavy (non-hydrogen) atoms. The molecule has 1 saturated heterocycles. The van der Waals surface area contributed by atoms with Crippen LogP contribution in [0.4, 0.5) is 5.82 Å². The van der Waals surface area contributed by atoms with E-state index in [-0.39, 0.29) is 10.8 Å². The number of nitrogens with two attached hydrogens (primary N) is 1. The van der Waals surface area contributed by atoms with Crippen molar-refractivity contribution in [1.29, 1.82) is 0 Å². The summed E-state index contributed by atoms with van der Waals surface area (Å²) in [6.07, 6.45) is 2.49. The zero-order valence-corrected chi connectivity index (χ0v) is 19.9. The lowest BCUT2D eigenvalue weighted by Gasteiger charge is -2.38. The molecule has 4 aromatic rings. The number of pyridine rings is 1. The van der Waals surface area contributed by atoms with Crippen LogP contribution in [0.1, 0.15) is 5.56 Å². The van der Waals surface area contributed by atoms with E-state index in [1.54, 1.807) is 24.4 Å². The van der Waals surface area contributed by atoms with Gasteiger partial charge in [0.2, 0.25) is 0 Å². The number of nitrogen functional groups attached to an aromatic ring is 1. The summed E-state index contributed by atoms with van der Waals surface area (Å²) in [7, 11) is -3.71. The molecule has 2 aromatic carbocycles. The van der Waals surface area contributed by atoms with Crippen LogP contribution in [0.3, 0.4) is 0 Å². The van der Waals surface area contributed by atoms with Gasteiger partial charge < -0.3 is 10.5 Å². The number of halogens is 1. The summed E-state index contributed by atoms with van der Waals surface area (Å²) in [5, 5.41) is 3.26. The van der Waals surface area contributed by atoms with Gasteiger partial charge in [-0.3, -0.25) is 4.90 Å². The molecule has 1 unspecified atom stereocenters. The molecular formula is C23H21ClN4O3S2. The van der Waals surface area contributed by atoms with Gasteiger partial charge in [-0.2, -0.15) is 4.31 Å². The van der Waals surface area contributed by atoms with Crippen molar-refractivity contribution < 1.29 is 13.2 Å². The fourth-order valence-electron chi connectivity index (χ4n) is 4.17. The highest BCUT2D eigenvalue weighted by Gasteiger charge is 2.35. The molecule has 0 amide bonds. The van der Waals surface area contributed by atoms with E-state index in [0.29, 0.717) is 30.5 Å². The minimum absolute atomic E-state index is 0.109. The van der Waals surface area contributed by atoms with Crippen LogP contribution in [0.15, 0.2) is 58.9 Å². The van der Waals surface area contributed by atoms with Gasteiger partial charge in [0.25, 0.3) is 10.0 Å². The van der Waals surface area contributed by atoms with Crippen LogP contribution < -0.4 is 5.73 Å². The van der Waals surface area contributed by atoms with E-state index in [2.05, 4.69) is 4.98 Å². The number of rotatable bonds is 5. The second-order valence-electron chi connectivity index (χ2n) is 8.04. The van der Waals surface area contributed by atoms with Crippen molar-refractivity contribution in [2.45, 2.75) is 16.8 Å². The first kappa shape index (κ1) is 22.2. The average molecular weight is 501 g/mol. The predicted octanol–water partition coefficient (Wildman–Crippen LogP) is 3.76. The Balaban J connectivity index is 1.36. The first-order valence-electron chi connectivity index (χ1n) is 10.4. The third-order valence-electron chi connectivity index (χ3n) is 5.95. The molecule has 1 fully saturated rings. The maximum Gasteiger partial charge on any atom is 0.252 e. The van der Waals surface area contributed by atoms with E-state index in [0.717, 1.165) is 32.7 Å². The maximum absolute atomic E-state index is 13.3. The van der Waals surface area contributed by atoms with Gasteiger partial charge in [-0.15, -0.1) is 11.3 Å². The smallest absolute Gasteiger partial charge is 0.252 e. The molecule has 3 heterocycles. The summed E-state index contributed by atoms with van der Waals surface area (Å²) in [6, 6.07) is 14.3. The van der Waals surface area contributed by atoms with E-state index in [1.165, 1.54) is 15.6 Å². The number of fused-ring (bicyclic) bond motifs is 2. The molecule has 0 bridgehead atoms. The Morgan fingerprint density at radius 1 is 1.12 bits per heavy atom. The topological polar surface area (TPSA) is 96.6 Å². The summed E-state index contributed by atoms with van der Waals surface area (Å²) in [6.45, 7) is 1.37. The minimum atomic E-state index is -3.71. The summed E-state index contributed by atoms with van der Waals surface area (Å²) in [5.74, 6) is 0.460. The monoisotopic (exact) mass is 500 g/mol. The predicted molar refractivity (Wildman–Crippen MR) is 132 cm³/mol. The zero-order chi connectivity index (χ0) is 23.2. The molecule has 1 aliphatic rings. The molecule has 1 atom stereocenters. The van der Waals surface area contributed by atoms with Crippen LogP contribution >= 0.6 is 22.9 Å². The number of anilines is 1. The number of piperazine rings is 1. The molecule has 5 rings (SSSR count). The molecule has 2 N–H and O–H groups in total. The van der Waals surface area contributed by atoms with E-state index < -0.39 is 16.1 Å². The first-order chi connectivity index (χ1) is 15.8. The average Bonchev–Trinajstić information content (AvgIpc) is 3.24. The van der Waals surface area contributed by atoms with Crippen LogP contribution in [0.5, 0.6) is 0 Å². The molecule has 0 saturated carbocycles. The lowest BCUT2D eigenvalue weighted by atomic mass is 10.1. The number of benzene rings is 2. The highest BCUT2D eigenvalue weighted by atomic mass is 35.5. The van der Waals surface area contributed by atoms with Gasteiger partial charge in [0.15, 0.2) is 0 Å². The van der Waals surface area contributed by atoms with Gasteiger partial charge in [0, 0.05) is 47.5 Å². The lowest BCUT2D eigenvalue weighted by Crippen LogP contribution is -2.54. The van der Waals surface area contributed by atoms with Crippen molar-refractivity contribution in [3.63, 3.8) is 0 Å². The maximum atomic E-state index is 13.3. The minimum Gasteiger partial charge on any atom is -0.383 e. The highest BCUT2D eigenvalue weighted by molar-refractivity contribution is 7.91. The standard InChI is InChI=1S/C23H21ClN4O3S2/c24-18-4-3-17-10-22(32-21(17)11-18)33(30,31)28-8-7-27(19(13-28)14-29)12-15-1-2-16-5-6-26-23(25)20(16)9-15/h1-6,9-11,14,19H,7-8,12-13H2,(H2,25,26). The number of sulfonamides is 1. The Morgan fingerprint density at radius 3 is 2.76 bits per heavy atom. The first-order valence-corrected chi connectivity index (χ1v) is 13.0. The van der Waals surface area contributed by atoms with Crippen LogP contribution in [0, 0.1) is 0 Å². The van der Waals surface area contributed by atoms with E-state index in [9.17, 15) is 13.2 Å². The second-order valence-corrected chi connectivity index (χ2v) is 11.7. The number of carbonyl (C=O) groups is 1. The largest absolute Gasteiger partial charge is 0.383 e. The van der Waals surface area contributed by atoms with Crippen molar-refractivity contribution in [3.05, 3.63) is 65.3 Å². The number of nitrogens with zero attached hydrogens (tertiary/aromatic N) is 3. The van der Waals surface area contributed by atoms with Gasteiger partial charge in [-0.05, 0) is 46.7 Å². The third-order valence-corrected chi connectivity index (χ3v) is 9.60. The SMILES string of the molecule is Nc1nccc2ccc(CN3CCN(S(=O)(=O)c4cc5ccc(Cl)cc5s4)CC3C=O)cc12. The molecule has 7 nitrogen and oxygen atoms in total. The molecule has 2 aromatic heterocycles. The van der Waals surface area contributed by atoms with Crippen LogP contribution in [-0.4, -0.2) is 54.6 Å². The van der Waals surface area contributed by atoms with Gasteiger partial charge >= 0.3 is 0 Å². The second kappa shape index (κ2) is 8.66. The molecular weight excluding hydrogens is 480 g/mol. The van der Waals surface area contributed by atoms with Gasteiger partial charge in [-0.25, -0.2) is 13.4 Å². The Morgan fingerprint density at radius 2 is 1.94 bits per heavy atom. The Kier molecular flexibility index (Phi) is 5.84. The number of aromatic nitrogens is 1. The van der Waals surface area contributed by atoms with Crippen LogP contribution in [0.2, 0.25) is 5.02 Å². The Labute approximate surface area is 200 Å². The van der Waals surface area contributed by atoms with Crippen molar-refractivity contribution in [2.24, 2.45) is 0 Å². The Hall–Kier alpha value is -2.56. The van der Waals surface area contributed by atoms with Gasteiger partial charge in [-0.1, -0.05) is 29.8 Å². The van der Waals surface area contributed by atoms with Crippen molar-refractivity contribution in [3.8, 4) is 0 Å². The molecule has 0 spiro atoms. The van der Waals surface area contributed by atoms with Crippen molar-refractivity contribution in [2.75, 3.05) is 25.4 Å². The number of aldehydes is 1. The molecule has 1 aliphatic heterocycles. The number of carbonyl (C=O) groups excluding carboxylic acids is 1. The van der Waals surface area contributed by atoms with Crippen molar-refractivity contribution in [1.82, 2.24) is 14.2 Å². The Bertz CT molecular complexity index is 1470. The van der Waals surface area contributed by atoms with E-state index >= 15 is 0 Å². The van der Waals surface area contributed by atoms with Gasteiger partial charge in [0.05, 0.1) is 6.04 Å². The van der Waals surface area contributed by atoms with E-state index in [1.807, 2.05) is 35.2 Å². The van der Waals surface area contributed by atoms with Crippen LogP contribution in [0.25, 0.3) is 20.9 Å². The fourth-order valence-corrected chi connectivity index (χ4v) is 7.45. The number of thiophene rings is 1. The molecule has 0 radical (unpaired) electrons. The molecule has 10 heteroatoms. The number of hydrogen-bond donors (Lipinski definition) is 1. The van der Waals surface area contributed by atoms with Crippen LogP contribution in [-0.2, 0) is 21.4 Å². The fraction of sp³-hybridized carbons (Fsp3) is 0.217. The summed E-state index contributed by atoms with van der Waals surface area (Å²) >= 11 is 7.24. The lowest BCUT2D eigenvalue weighted by molar-refractivity contribution is -0.114. The number of hydrogen-bond acceptors (Lipinski definition) is 7. The molecule has 0 aliphatic carbocycles. The summed E-state index contributed by atoms with van der Waals surface area (Å²) in [5.41, 5.74) is 7.00. The normalized spacial score (nSPS) is 18.2. The van der Waals surface area contributed by atoms with Crippen molar-refractivity contribution >= 4 is 65.9 Å². The molecule has 170 valence electrons. The third kappa shape index (κ3) is 4.22. The zero-order valence-electron chi connectivity index (χ0n) is 17.5. The summed E-state index contributed by atoms with van der Waals surface area (Å²) < 4.78 is 29.1. The summed E-state index contributed by atoms with van der Waals surface area (Å²) in [4.78, 5) is 18.0. The van der Waals surface area contributed by atoms with E-state index in [4.69, 9.17) is 17.3 Å².